The van der Waals surface area contributed by atoms with E-state index in [1.165, 1.54) is 11.1 Å². The van der Waals surface area contributed by atoms with Crippen LogP contribution in [0.15, 0.2) is 24.3 Å². The van der Waals surface area contributed by atoms with Gasteiger partial charge in [-0.15, -0.1) is 0 Å². The maximum atomic E-state index is 12.5. The van der Waals surface area contributed by atoms with Crippen molar-refractivity contribution in [1.29, 1.82) is 0 Å². The van der Waals surface area contributed by atoms with Gasteiger partial charge in [0.15, 0.2) is 0 Å². The number of aryl methyl sites for hydroxylation is 1. The Kier molecular flexibility index (Phi) is 3.95. The molecule has 1 aromatic carbocycles. The van der Waals surface area contributed by atoms with Crippen LogP contribution >= 0.6 is 0 Å². The average Bonchev–Trinajstić information content (AvgIpc) is 2.97. The van der Waals surface area contributed by atoms with E-state index in [2.05, 4.69) is 17.4 Å². The number of carboxylic acids is 1. The van der Waals surface area contributed by atoms with Crippen LogP contribution in [0.5, 0.6) is 0 Å². The van der Waals surface area contributed by atoms with Crippen molar-refractivity contribution in [3.05, 3.63) is 35.4 Å². The molecule has 0 bridgehead atoms. The summed E-state index contributed by atoms with van der Waals surface area (Å²) in [6.45, 7) is 0. The van der Waals surface area contributed by atoms with Gasteiger partial charge in [-0.3, -0.25) is 9.59 Å². The zero-order valence-corrected chi connectivity index (χ0v) is 12.0. The number of benzene rings is 1. The molecule has 112 valence electrons. The number of carbonyl (C=O) groups excluding carboxylic acids is 1. The highest BCUT2D eigenvalue weighted by Crippen LogP contribution is 2.34. The van der Waals surface area contributed by atoms with Gasteiger partial charge < -0.3 is 10.4 Å². The molecule has 1 saturated carbocycles. The van der Waals surface area contributed by atoms with Gasteiger partial charge in [0.1, 0.15) is 0 Å². The molecule has 1 fully saturated rings. The summed E-state index contributed by atoms with van der Waals surface area (Å²) in [5.74, 6) is -1.79. The predicted octanol–water partition coefficient (Wildman–Crippen LogP) is 2.68. The van der Waals surface area contributed by atoms with Gasteiger partial charge in [-0.25, -0.2) is 0 Å². The molecule has 2 aliphatic rings. The third-order valence-corrected chi connectivity index (χ3v) is 4.86. The van der Waals surface area contributed by atoms with Crippen LogP contribution in [0.3, 0.4) is 0 Å². The van der Waals surface area contributed by atoms with Crippen LogP contribution < -0.4 is 5.32 Å². The van der Waals surface area contributed by atoms with Crippen molar-refractivity contribution in [2.24, 2.45) is 11.8 Å². The summed E-state index contributed by atoms with van der Waals surface area (Å²) >= 11 is 0. The first-order valence-corrected chi connectivity index (χ1v) is 7.78. The fraction of sp³-hybridized carbons (Fsp3) is 0.529. The molecule has 3 atom stereocenters. The van der Waals surface area contributed by atoms with Gasteiger partial charge in [-0.05, 0) is 43.2 Å². The van der Waals surface area contributed by atoms with E-state index in [1.807, 2.05) is 12.1 Å². The first-order valence-electron chi connectivity index (χ1n) is 7.78. The van der Waals surface area contributed by atoms with Crippen molar-refractivity contribution in [1.82, 2.24) is 5.32 Å². The molecule has 1 unspecified atom stereocenters. The minimum Gasteiger partial charge on any atom is -0.481 e. The van der Waals surface area contributed by atoms with Crippen molar-refractivity contribution < 1.29 is 14.7 Å². The van der Waals surface area contributed by atoms with Gasteiger partial charge in [0, 0.05) is 0 Å². The van der Waals surface area contributed by atoms with Crippen LogP contribution in [0.25, 0.3) is 0 Å². The van der Waals surface area contributed by atoms with Crippen LogP contribution in [0.1, 0.15) is 49.3 Å². The van der Waals surface area contributed by atoms with Crippen molar-refractivity contribution in [3.8, 4) is 0 Å². The molecule has 1 aromatic rings. The Morgan fingerprint density at radius 2 is 1.81 bits per heavy atom. The second-order valence-electron chi connectivity index (χ2n) is 6.13. The fourth-order valence-electron chi connectivity index (χ4n) is 3.75. The van der Waals surface area contributed by atoms with E-state index < -0.39 is 11.9 Å². The van der Waals surface area contributed by atoms with Gasteiger partial charge in [0.2, 0.25) is 5.91 Å². The SMILES string of the molecule is O=C(O)[C@H]1CCC[C@H]1C(=O)NC1CCCc2ccccc21. The number of carboxylic acid groups (broad SMARTS) is 1. The smallest absolute Gasteiger partial charge is 0.307 e. The molecule has 0 aromatic heterocycles. The summed E-state index contributed by atoms with van der Waals surface area (Å²) in [7, 11) is 0. The average molecular weight is 287 g/mol. The Hall–Kier alpha value is -1.84. The molecule has 4 nitrogen and oxygen atoms in total. The van der Waals surface area contributed by atoms with E-state index in [0.717, 1.165) is 25.7 Å². The molecular formula is C17H21NO3. The van der Waals surface area contributed by atoms with Crippen LogP contribution in [-0.2, 0) is 16.0 Å². The quantitative estimate of drug-likeness (QED) is 0.898. The maximum Gasteiger partial charge on any atom is 0.307 e. The highest BCUT2D eigenvalue weighted by atomic mass is 16.4. The molecule has 1 amide bonds. The summed E-state index contributed by atoms with van der Waals surface area (Å²) < 4.78 is 0. The van der Waals surface area contributed by atoms with Crippen molar-refractivity contribution in [2.45, 2.75) is 44.6 Å². The maximum absolute atomic E-state index is 12.5. The van der Waals surface area contributed by atoms with E-state index in [9.17, 15) is 14.7 Å². The van der Waals surface area contributed by atoms with Gasteiger partial charge >= 0.3 is 5.97 Å². The lowest BCUT2D eigenvalue weighted by atomic mass is 9.87. The van der Waals surface area contributed by atoms with E-state index in [4.69, 9.17) is 0 Å². The third kappa shape index (κ3) is 2.80. The Labute approximate surface area is 124 Å². The lowest BCUT2D eigenvalue weighted by Crippen LogP contribution is -2.38. The van der Waals surface area contributed by atoms with E-state index in [1.54, 1.807) is 0 Å². The molecule has 21 heavy (non-hydrogen) atoms. The highest BCUT2D eigenvalue weighted by molar-refractivity contribution is 5.85. The Morgan fingerprint density at radius 1 is 1.05 bits per heavy atom. The molecule has 0 saturated heterocycles. The second-order valence-corrected chi connectivity index (χ2v) is 6.13. The summed E-state index contributed by atoms with van der Waals surface area (Å²) in [4.78, 5) is 23.7. The van der Waals surface area contributed by atoms with Crippen LogP contribution in [0.4, 0.5) is 0 Å². The number of fused-ring (bicyclic) bond motifs is 1. The zero-order valence-electron chi connectivity index (χ0n) is 12.0. The van der Waals surface area contributed by atoms with Crippen LogP contribution in [0, 0.1) is 11.8 Å². The molecule has 3 rings (SSSR count). The highest BCUT2D eigenvalue weighted by Gasteiger charge is 2.38. The molecule has 4 heteroatoms. The normalized spacial score (nSPS) is 27.9. The van der Waals surface area contributed by atoms with Crippen molar-refractivity contribution in [2.75, 3.05) is 0 Å². The summed E-state index contributed by atoms with van der Waals surface area (Å²) in [5.41, 5.74) is 2.50. The number of nitrogens with one attached hydrogen (secondary N) is 1. The zero-order chi connectivity index (χ0) is 14.8. The van der Waals surface area contributed by atoms with E-state index in [-0.39, 0.29) is 17.9 Å². The number of carbonyl (C=O) groups is 2. The van der Waals surface area contributed by atoms with Crippen LogP contribution in [0.2, 0.25) is 0 Å². The molecule has 2 N–H and O–H groups in total. The molecule has 0 spiro atoms. The molecule has 0 aliphatic heterocycles. The molecule has 0 heterocycles. The topological polar surface area (TPSA) is 66.4 Å². The number of rotatable bonds is 3. The first kappa shape index (κ1) is 14.1. The van der Waals surface area contributed by atoms with Gasteiger partial charge in [-0.2, -0.15) is 0 Å². The van der Waals surface area contributed by atoms with Gasteiger partial charge in [0.25, 0.3) is 0 Å². The number of amides is 1. The lowest BCUT2D eigenvalue weighted by molar-refractivity contribution is -0.146. The largest absolute Gasteiger partial charge is 0.481 e. The Morgan fingerprint density at radius 3 is 2.62 bits per heavy atom. The van der Waals surface area contributed by atoms with E-state index in [0.29, 0.717) is 12.8 Å². The molecule has 0 radical (unpaired) electrons. The fourth-order valence-corrected chi connectivity index (χ4v) is 3.75. The predicted molar refractivity (Wildman–Crippen MR) is 78.7 cm³/mol. The minimum atomic E-state index is -0.836. The van der Waals surface area contributed by atoms with Gasteiger partial charge in [0.05, 0.1) is 17.9 Å². The second kappa shape index (κ2) is 5.88. The monoisotopic (exact) mass is 287 g/mol. The molecular weight excluding hydrogens is 266 g/mol. The minimum absolute atomic E-state index is 0.0393. The summed E-state index contributed by atoms with van der Waals surface area (Å²) in [6.07, 6.45) is 5.20. The third-order valence-electron chi connectivity index (χ3n) is 4.86. The van der Waals surface area contributed by atoms with Gasteiger partial charge in [-0.1, -0.05) is 30.7 Å². The summed E-state index contributed by atoms with van der Waals surface area (Å²) in [6, 6.07) is 8.25. The Bertz CT molecular complexity index is 555. The summed E-state index contributed by atoms with van der Waals surface area (Å²) in [5, 5.41) is 12.3. The standard InChI is InChI=1S/C17H21NO3/c19-16(13-8-4-9-14(13)17(20)21)18-15-10-3-6-11-5-1-2-7-12(11)15/h1-2,5,7,13-15H,3-4,6,8-10H2,(H,18,19)(H,20,21)/t13-,14+,15?/m1/s1. The first-order chi connectivity index (χ1) is 10.2. The number of hydrogen-bond donors (Lipinski definition) is 2. The molecule has 2 aliphatic carbocycles. The number of hydrogen-bond acceptors (Lipinski definition) is 2. The van der Waals surface area contributed by atoms with E-state index >= 15 is 0 Å². The van der Waals surface area contributed by atoms with Crippen LogP contribution in [-0.4, -0.2) is 17.0 Å². The van der Waals surface area contributed by atoms with Crippen molar-refractivity contribution in [3.63, 3.8) is 0 Å². The van der Waals surface area contributed by atoms with Crippen molar-refractivity contribution >= 4 is 11.9 Å². The lowest BCUT2D eigenvalue weighted by Gasteiger charge is -2.28. The number of aliphatic carboxylic acids is 1. The Balaban J connectivity index is 1.73.